The number of likely N-dealkylation sites (tertiary alicyclic amines) is 1. The lowest BCUT2D eigenvalue weighted by molar-refractivity contribution is 0.0729. The average Bonchev–Trinajstić information content (AvgIpc) is 3.25. The summed E-state index contributed by atoms with van der Waals surface area (Å²) in [6.07, 6.45) is 1.84. The number of carbonyl (C=O) groups is 1. The molecule has 22 heavy (non-hydrogen) atoms. The van der Waals surface area contributed by atoms with Crippen LogP contribution in [0.5, 0.6) is 11.5 Å². The van der Waals surface area contributed by atoms with Crippen LogP contribution in [-0.2, 0) is 0 Å². The predicted octanol–water partition coefficient (Wildman–Crippen LogP) is 1.82. The van der Waals surface area contributed by atoms with Gasteiger partial charge in [0.2, 0.25) is 6.79 Å². The second-order valence-corrected chi connectivity index (χ2v) is 5.50. The van der Waals surface area contributed by atoms with E-state index in [0.717, 1.165) is 18.7 Å². The number of carbonyl (C=O) groups excluding carboxylic acids is 1. The molecule has 0 bridgehead atoms. The minimum atomic E-state index is -0.0668. The third-order valence-electron chi connectivity index (χ3n) is 4.05. The summed E-state index contributed by atoms with van der Waals surface area (Å²) in [5.74, 6) is 2.72. The Morgan fingerprint density at radius 2 is 2.23 bits per heavy atom. The number of aromatic amines is 1. The summed E-state index contributed by atoms with van der Waals surface area (Å²) < 4.78 is 10.6. The van der Waals surface area contributed by atoms with Crippen molar-refractivity contribution in [2.75, 3.05) is 13.3 Å². The first kappa shape index (κ1) is 13.1. The van der Waals surface area contributed by atoms with Crippen molar-refractivity contribution in [1.29, 1.82) is 0 Å². The summed E-state index contributed by atoms with van der Waals surface area (Å²) in [5, 5.41) is 7.05. The van der Waals surface area contributed by atoms with Gasteiger partial charge in [-0.2, -0.15) is 5.10 Å². The van der Waals surface area contributed by atoms with Crippen LogP contribution in [0.25, 0.3) is 0 Å². The quantitative estimate of drug-likeness (QED) is 0.915. The Labute approximate surface area is 127 Å². The molecule has 0 radical (unpaired) electrons. The number of nitrogens with one attached hydrogen (secondary N) is 1. The Balaban J connectivity index is 1.61. The van der Waals surface area contributed by atoms with Gasteiger partial charge in [-0.25, -0.2) is 4.98 Å². The van der Waals surface area contributed by atoms with Gasteiger partial charge >= 0.3 is 0 Å². The predicted molar refractivity (Wildman–Crippen MR) is 76.7 cm³/mol. The average molecular weight is 300 g/mol. The second-order valence-electron chi connectivity index (χ2n) is 5.50. The molecule has 2 aliphatic rings. The maximum absolute atomic E-state index is 12.8. The number of amides is 1. The van der Waals surface area contributed by atoms with Gasteiger partial charge in [0, 0.05) is 12.1 Å². The van der Waals surface area contributed by atoms with Crippen LogP contribution in [0.2, 0.25) is 0 Å². The van der Waals surface area contributed by atoms with E-state index in [0.29, 0.717) is 29.4 Å². The van der Waals surface area contributed by atoms with Crippen LogP contribution in [0, 0.1) is 6.92 Å². The number of hydrogen-bond acceptors (Lipinski definition) is 5. The fourth-order valence-electron chi connectivity index (χ4n) is 2.98. The zero-order valence-electron chi connectivity index (χ0n) is 12.2. The van der Waals surface area contributed by atoms with Crippen LogP contribution >= 0.6 is 0 Å². The number of benzene rings is 1. The van der Waals surface area contributed by atoms with Crippen LogP contribution in [0.15, 0.2) is 18.2 Å². The maximum Gasteiger partial charge on any atom is 0.254 e. The third kappa shape index (κ3) is 2.09. The lowest BCUT2D eigenvalue weighted by Crippen LogP contribution is -2.31. The lowest BCUT2D eigenvalue weighted by Gasteiger charge is -2.22. The molecule has 1 aromatic heterocycles. The normalized spacial score (nSPS) is 19.7. The molecule has 1 aromatic carbocycles. The van der Waals surface area contributed by atoms with Gasteiger partial charge in [0.05, 0.1) is 6.04 Å². The van der Waals surface area contributed by atoms with E-state index < -0.39 is 0 Å². The molecule has 0 unspecified atom stereocenters. The first-order chi connectivity index (χ1) is 10.7. The Morgan fingerprint density at radius 3 is 3.05 bits per heavy atom. The summed E-state index contributed by atoms with van der Waals surface area (Å²) in [5.41, 5.74) is 0.600. The number of aryl methyl sites for hydroxylation is 1. The highest BCUT2D eigenvalue weighted by molar-refractivity contribution is 5.95. The zero-order chi connectivity index (χ0) is 15.1. The first-order valence-electron chi connectivity index (χ1n) is 7.32. The molecule has 1 atom stereocenters. The molecule has 0 aliphatic carbocycles. The Bertz CT molecular complexity index is 727. The summed E-state index contributed by atoms with van der Waals surface area (Å²) in [4.78, 5) is 19.0. The van der Waals surface area contributed by atoms with Crippen molar-refractivity contribution < 1.29 is 14.3 Å². The van der Waals surface area contributed by atoms with Crippen LogP contribution in [0.4, 0.5) is 0 Å². The highest BCUT2D eigenvalue weighted by atomic mass is 16.7. The number of aromatic nitrogens is 3. The topological polar surface area (TPSA) is 80.3 Å². The van der Waals surface area contributed by atoms with Crippen molar-refractivity contribution in [1.82, 2.24) is 20.1 Å². The molecule has 7 heteroatoms. The van der Waals surface area contributed by atoms with Gasteiger partial charge < -0.3 is 14.4 Å². The fourth-order valence-corrected chi connectivity index (χ4v) is 2.98. The van der Waals surface area contributed by atoms with E-state index >= 15 is 0 Å². The Hall–Kier alpha value is -2.57. The van der Waals surface area contributed by atoms with E-state index in [9.17, 15) is 4.79 Å². The van der Waals surface area contributed by atoms with Crippen LogP contribution in [-0.4, -0.2) is 39.3 Å². The van der Waals surface area contributed by atoms with Gasteiger partial charge in [-0.3, -0.25) is 9.89 Å². The van der Waals surface area contributed by atoms with E-state index in [1.165, 1.54) is 0 Å². The van der Waals surface area contributed by atoms with Crippen LogP contribution < -0.4 is 9.47 Å². The van der Waals surface area contributed by atoms with Crippen molar-refractivity contribution in [3.8, 4) is 11.5 Å². The molecule has 1 N–H and O–H groups in total. The summed E-state index contributed by atoms with van der Waals surface area (Å²) >= 11 is 0. The molecular formula is C15H16N4O3. The van der Waals surface area contributed by atoms with E-state index in [4.69, 9.17) is 9.47 Å². The second kappa shape index (κ2) is 5.01. The van der Waals surface area contributed by atoms with Gasteiger partial charge in [0.25, 0.3) is 5.91 Å². The minimum Gasteiger partial charge on any atom is -0.454 e. The van der Waals surface area contributed by atoms with Gasteiger partial charge in [-0.15, -0.1) is 0 Å². The van der Waals surface area contributed by atoms with E-state index in [-0.39, 0.29) is 18.7 Å². The number of rotatable bonds is 2. The van der Waals surface area contributed by atoms with Crippen molar-refractivity contribution in [2.45, 2.75) is 25.8 Å². The Morgan fingerprint density at radius 1 is 1.36 bits per heavy atom. The van der Waals surface area contributed by atoms with Crippen LogP contribution in [0.1, 0.15) is 40.9 Å². The first-order valence-corrected chi connectivity index (χ1v) is 7.32. The molecule has 1 amide bonds. The number of hydrogen-bond donors (Lipinski definition) is 1. The number of ether oxygens (including phenoxy) is 2. The molecule has 114 valence electrons. The van der Waals surface area contributed by atoms with Crippen molar-refractivity contribution in [2.24, 2.45) is 0 Å². The molecule has 3 heterocycles. The number of nitrogens with zero attached hydrogens (tertiary/aromatic N) is 3. The van der Waals surface area contributed by atoms with Crippen molar-refractivity contribution >= 4 is 5.91 Å². The van der Waals surface area contributed by atoms with E-state index in [2.05, 4.69) is 15.2 Å². The fraction of sp³-hybridized carbons (Fsp3) is 0.400. The molecule has 2 aromatic rings. The van der Waals surface area contributed by atoms with Gasteiger partial charge in [0.1, 0.15) is 5.82 Å². The van der Waals surface area contributed by atoms with E-state index in [1.54, 1.807) is 18.2 Å². The van der Waals surface area contributed by atoms with Gasteiger partial charge in [-0.1, -0.05) is 0 Å². The molecule has 4 rings (SSSR count). The highest BCUT2D eigenvalue weighted by Gasteiger charge is 2.33. The lowest BCUT2D eigenvalue weighted by atomic mass is 10.1. The summed E-state index contributed by atoms with van der Waals surface area (Å²) in [6.45, 7) is 2.77. The summed E-state index contributed by atoms with van der Waals surface area (Å²) in [6, 6.07) is 5.22. The molecule has 2 aliphatic heterocycles. The molecule has 0 saturated carbocycles. The monoisotopic (exact) mass is 300 g/mol. The highest BCUT2D eigenvalue weighted by Crippen LogP contribution is 2.35. The van der Waals surface area contributed by atoms with E-state index in [1.807, 2.05) is 11.8 Å². The molecule has 0 spiro atoms. The molecule has 7 nitrogen and oxygen atoms in total. The zero-order valence-corrected chi connectivity index (χ0v) is 12.2. The third-order valence-corrected chi connectivity index (χ3v) is 4.05. The van der Waals surface area contributed by atoms with Crippen molar-refractivity contribution in [3.63, 3.8) is 0 Å². The van der Waals surface area contributed by atoms with Crippen LogP contribution in [0.3, 0.4) is 0 Å². The van der Waals surface area contributed by atoms with Gasteiger partial charge in [-0.05, 0) is 38.0 Å². The Kier molecular flexibility index (Phi) is 2.99. The molecule has 1 fully saturated rings. The minimum absolute atomic E-state index is 0.0248. The summed E-state index contributed by atoms with van der Waals surface area (Å²) in [7, 11) is 0. The standard InChI is InChI=1S/C15H16N4O3/c1-9-16-14(18-17-9)11-3-2-6-19(11)15(20)10-4-5-12-13(7-10)22-8-21-12/h4-5,7,11H,2-3,6,8H2,1H3,(H,16,17,18)/t11-/m1/s1. The number of fused-ring (bicyclic) bond motifs is 1. The largest absolute Gasteiger partial charge is 0.454 e. The number of H-pyrrole nitrogens is 1. The maximum atomic E-state index is 12.8. The van der Waals surface area contributed by atoms with Gasteiger partial charge in [0.15, 0.2) is 17.3 Å². The SMILES string of the molecule is Cc1nc([C@H]2CCCN2C(=O)c2ccc3c(c2)OCO3)n[nH]1. The molecule has 1 saturated heterocycles. The molecular weight excluding hydrogens is 284 g/mol. The van der Waals surface area contributed by atoms with Crippen molar-refractivity contribution in [3.05, 3.63) is 35.4 Å². The smallest absolute Gasteiger partial charge is 0.254 e.